The average Bonchev–Trinajstić information content (AvgIpc) is 3.05. The van der Waals surface area contributed by atoms with Gasteiger partial charge >= 0.3 is 0 Å². The summed E-state index contributed by atoms with van der Waals surface area (Å²) in [5.74, 6) is 0.254. The van der Waals surface area contributed by atoms with Crippen molar-refractivity contribution in [2.75, 3.05) is 0 Å². The van der Waals surface area contributed by atoms with Gasteiger partial charge in [0.1, 0.15) is 5.01 Å². The standard InChI is InChI=1S/C14H15N3OS/c15-13-9(7-12(18)17(13)8-5-6-8)14-16-10-3-1-2-4-11(10)19-14/h1-4,8-9,13H,5-7,15H2. The molecule has 2 atom stereocenters. The fraction of sp³-hybridized carbons (Fsp3) is 0.429. The van der Waals surface area contributed by atoms with Gasteiger partial charge in [0.2, 0.25) is 5.91 Å². The largest absolute Gasteiger partial charge is 0.324 e. The lowest BCUT2D eigenvalue weighted by Gasteiger charge is -2.23. The third-order valence-corrected chi connectivity index (χ3v) is 5.15. The molecule has 4 nitrogen and oxygen atoms in total. The van der Waals surface area contributed by atoms with Gasteiger partial charge in [-0.05, 0) is 25.0 Å². The van der Waals surface area contributed by atoms with E-state index in [1.807, 2.05) is 23.1 Å². The summed E-state index contributed by atoms with van der Waals surface area (Å²) in [5, 5.41) is 1.00. The fourth-order valence-electron chi connectivity index (χ4n) is 2.86. The minimum absolute atomic E-state index is 0.0606. The molecule has 4 rings (SSSR count). The number of nitrogens with zero attached hydrogens (tertiary/aromatic N) is 2. The molecule has 0 spiro atoms. The third kappa shape index (κ3) is 1.76. The Balaban J connectivity index is 1.70. The Morgan fingerprint density at radius 3 is 2.84 bits per heavy atom. The molecule has 1 aliphatic heterocycles. The number of nitrogens with two attached hydrogens (primary N) is 1. The lowest BCUT2D eigenvalue weighted by molar-refractivity contribution is -0.129. The molecule has 5 heteroatoms. The third-order valence-electron chi connectivity index (χ3n) is 3.98. The quantitative estimate of drug-likeness (QED) is 0.911. The Bertz CT molecular complexity index is 616. The molecule has 2 aliphatic rings. The first-order valence-corrected chi connectivity index (χ1v) is 7.48. The number of fused-ring (bicyclic) bond motifs is 1. The second-order valence-electron chi connectivity index (χ2n) is 5.35. The van der Waals surface area contributed by atoms with Crippen molar-refractivity contribution in [2.45, 2.75) is 37.4 Å². The Hall–Kier alpha value is -1.46. The molecule has 1 aromatic carbocycles. The van der Waals surface area contributed by atoms with Crippen LogP contribution in [0.1, 0.15) is 30.2 Å². The van der Waals surface area contributed by atoms with Crippen molar-refractivity contribution in [2.24, 2.45) is 5.73 Å². The van der Waals surface area contributed by atoms with Crippen molar-refractivity contribution in [1.29, 1.82) is 0 Å². The molecule has 98 valence electrons. The number of rotatable bonds is 2. The summed E-state index contributed by atoms with van der Waals surface area (Å²) in [6.45, 7) is 0. The first-order valence-electron chi connectivity index (χ1n) is 6.66. The van der Waals surface area contributed by atoms with Crippen LogP contribution in [0, 0.1) is 0 Å². The SMILES string of the molecule is NC1C(c2nc3ccccc3s2)CC(=O)N1C1CC1. The van der Waals surface area contributed by atoms with Crippen LogP contribution in [-0.4, -0.2) is 28.0 Å². The van der Waals surface area contributed by atoms with Crippen LogP contribution in [0.2, 0.25) is 0 Å². The molecule has 0 radical (unpaired) electrons. The highest BCUT2D eigenvalue weighted by Gasteiger charge is 2.46. The Labute approximate surface area is 115 Å². The number of likely N-dealkylation sites (tertiary alicyclic amines) is 1. The molecule has 1 saturated heterocycles. The summed E-state index contributed by atoms with van der Waals surface area (Å²) in [4.78, 5) is 18.6. The maximum Gasteiger partial charge on any atom is 0.224 e. The van der Waals surface area contributed by atoms with Gasteiger partial charge in [0, 0.05) is 12.5 Å². The van der Waals surface area contributed by atoms with Crippen molar-refractivity contribution >= 4 is 27.5 Å². The number of hydrogen-bond donors (Lipinski definition) is 1. The van der Waals surface area contributed by atoms with Crippen LogP contribution >= 0.6 is 11.3 Å². The van der Waals surface area contributed by atoms with E-state index in [0.29, 0.717) is 12.5 Å². The molecule has 19 heavy (non-hydrogen) atoms. The van der Waals surface area contributed by atoms with Crippen LogP contribution in [-0.2, 0) is 4.79 Å². The van der Waals surface area contributed by atoms with Crippen molar-refractivity contribution < 1.29 is 4.79 Å². The number of amides is 1. The first-order chi connectivity index (χ1) is 9.24. The normalized spacial score (nSPS) is 27.4. The second-order valence-corrected chi connectivity index (χ2v) is 6.42. The van der Waals surface area contributed by atoms with E-state index in [-0.39, 0.29) is 18.0 Å². The van der Waals surface area contributed by atoms with Crippen LogP contribution in [0.3, 0.4) is 0 Å². The maximum absolute atomic E-state index is 12.1. The lowest BCUT2D eigenvalue weighted by atomic mass is 10.1. The number of carbonyl (C=O) groups excluding carboxylic acids is 1. The molecule has 0 bridgehead atoms. The van der Waals surface area contributed by atoms with E-state index in [4.69, 9.17) is 5.73 Å². The van der Waals surface area contributed by atoms with Crippen molar-refractivity contribution in [3.8, 4) is 0 Å². The van der Waals surface area contributed by atoms with E-state index in [1.54, 1.807) is 11.3 Å². The van der Waals surface area contributed by atoms with Crippen LogP contribution < -0.4 is 5.73 Å². The molecule has 2 fully saturated rings. The lowest BCUT2D eigenvalue weighted by Crippen LogP contribution is -2.42. The van der Waals surface area contributed by atoms with E-state index in [1.165, 1.54) is 4.70 Å². The number of aromatic nitrogens is 1. The molecular formula is C14H15N3OS. The van der Waals surface area contributed by atoms with Gasteiger partial charge in [0.15, 0.2) is 0 Å². The molecule has 2 aromatic rings. The molecule has 1 aliphatic carbocycles. The van der Waals surface area contributed by atoms with Crippen LogP contribution in [0.5, 0.6) is 0 Å². The van der Waals surface area contributed by atoms with Gasteiger partial charge in [0.25, 0.3) is 0 Å². The molecule has 1 amide bonds. The summed E-state index contributed by atoms with van der Waals surface area (Å²) >= 11 is 1.66. The maximum atomic E-state index is 12.1. The summed E-state index contributed by atoms with van der Waals surface area (Å²) in [6.07, 6.45) is 2.52. The van der Waals surface area contributed by atoms with Gasteiger partial charge in [-0.15, -0.1) is 11.3 Å². The minimum Gasteiger partial charge on any atom is -0.324 e. The number of benzene rings is 1. The molecule has 2 unspecified atom stereocenters. The van der Waals surface area contributed by atoms with E-state index in [9.17, 15) is 4.79 Å². The second kappa shape index (κ2) is 4.02. The summed E-state index contributed by atoms with van der Waals surface area (Å²) in [5.41, 5.74) is 7.29. The monoisotopic (exact) mass is 273 g/mol. The summed E-state index contributed by atoms with van der Waals surface area (Å²) in [7, 11) is 0. The zero-order valence-corrected chi connectivity index (χ0v) is 11.3. The van der Waals surface area contributed by atoms with Crippen LogP contribution in [0.4, 0.5) is 0 Å². The number of para-hydroxylation sites is 1. The van der Waals surface area contributed by atoms with Gasteiger partial charge in [-0.25, -0.2) is 4.98 Å². The Kier molecular flexibility index (Phi) is 2.40. The van der Waals surface area contributed by atoms with E-state index < -0.39 is 0 Å². The predicted octanol–water partition coefficient (Wildman–Crippen LogP) is 2.06. The Morgan fingerprint density at radius 2 is 2.11 bits per heavy atom. The number of thiazole rings is 1. The average molecular weight is 273 g/mol. The van der Waals surface area contributed by atoms with E-state index >= 15 is 0 Å². The minimum atomic E-state index is -0.194. The van der Waals surface area contributed by atoms with Crippen molar-refractivity contribution in [1.82, 2.24) is 9.88 Å². The number of hydrogen-bond acceptors (Lipinski definition) is 4. The highest BCUT2D eigenvalue weighted by Crippen LogP contribution is 2.41. The number of carbonyl (C=O) groups is 1. The molecular weight excluding hydrogens is 258 g/mol. The topological polar surface area (TPSA) is 59.2 Å². The fourth-order valence-corrected chi connectivity index (χ4v) is 3.96. The van der Waals surface area contributed by atoms with Gasteiger partial charge in [-0.1, -0.05) is 12.1 Å². The highest BCUT2D eigenvalue weighted by molar-refractivity contribution is 7.18. The molecule has 1 aromatic heterocycles. The summed E-state index contributed by atoms with van der Waals surface area (Å²) < 4.78 is 1.17. The van der Waals surface area contributed by atoms with Gasteiger partial charge < -0.3 is 10.6 Å². The van der Waals surface area contributed by atoms with Crippen molar-refractivity contribution in [3.63, 3.8) is 0 Å². The summed E-state index contributed by atoms with van der Waals surface area (Å²) in [6, 6.07) is 8.47. The Morgan fingerprint density at radius 1 is 1.32 bits per heavy atom. The smallest absolute Gasteiger partial charge is 0.224 e. The van der Waals surface area contributed by atoms with Gasteiger partial charge in [-0.2, -0.15) is 0 Å². The molecule has 2 heterocycles. The zero-order chi connectivity index (χ0) is 13.0. The van der Waals surface area contributed by atoms with Gasteiger partial charge in [0.05, 0.1) is 22.3 Å². The molecule has 1 saturated carbocycles. The zero-order valence-electron chi connectivity index (χ0n) is 10.5. The predicted molar refractivity (Wildman–Crippen MR) is 74.8 cm³/mol. The van der Waals surface area contributed by atoms with E-state index in [0.717, 1.165) is 23.4 Å². The van der Waals surface area contributed by atoms with E-state index in [2.05, 4.69) is 11.1 Å². The van der Waals surface area contributed by atoms with Crippen LogP contribution in [0.25, 0.3) is 10.2 Å². The first kappa shape index (κ1) is 11.4. The highest BCUT2D eigenvalue weighted by atomic mass is 32.1. The van der Waals surface area contributed by atoms with Crippen LogP contribution in [0.15, 0.2) is 24.3 Å². The van der Waals surface area contributed by atoms with Crippen molar-refractivity contribution in [3.05, 3.63) is 29.3 Å². The molecule has 2 N–H and O–H groups in total. The van der Waals surface area contributed by atoms with Gasteiger partial charge in [-0.3, -0.25) is 4.79 Å².